The van der Waals surface area contributed by atoms with Gasteiger partial charge in [0, 0.05) is 5.56 Å². The molecular formula is C15H19NO4S. The second kappa shape index (κ2) is 5.91. The Balaban J connectivity index is 2.49. The van der Waals surface area contributed by atoms with E-state index in [-0.39, 0.29) is 17.3 Å². The molecule has 1 aromatic carbocycles. The SMILES string of the molecule is CCc1ccccc1NS(=O)(=O)c1c(C)oc(C)c1CO. The number of furan rings is 1. The fourth-order valence-electron chi connectivity index (χ4n) is 2.37. The van der Waals surface area contributed by atoms with Crippen molar-refractivity contribution in [2.45, 2.75) is 38.7 Å². The minimum atomic E-state index is -3.80. The Labute approximate surface area is 124 Å². The lowest BCUT2D eigenvalue weighted by molar-refractivity contribution is 0.276. The average molecular weight is 309 g/mol. The summed E-state index contributed by atoms with van der Waals surface area (Å²) >= 11 is 0. The van der Waals surface area contributed by atoms with Gasteiger partial charge in [-0.15, -0.1) is 0 Å². The highest BCUT2D eigenvalue weighted by Crippen LogP contribution is 2.29. The van der Waals surface area contributed by atoms with Crippen LogP contribution in [0.4, 0.5) is 5.69 Å². The molecule has 0 atom stereocenters. The molecule has 0 aliphatic carbocycles. The summed E-state index contributed by atoms with van der Waals surface area (Å²) in [6.45, 7) is 4.79. The van der Waals surface area contributed by atoms with E-state index in [1.165, 1.54) is 0 Å². The van der Waals surface area contributed by atoms with Crippen molar-refractivity contribution in [2.75, 3.05) is 4.72 Å². The van der Waals surface area contributed by atoms with Crippen LogP contribution in [0.5, 0.6) is 0 Å². The molecule has 0 saturated heterocycles. The fourth-order valence-corrected chi connectivity index (χ4v) is 3.91. The van der Waals surface area contributed by atoms with Crippen molar-refractivity contribution >= 4 is 15.7 Å². The Morgan fingerprint density at radius 3 is 2.48 bits per heavy atom. The van der Waals surface area contributed by atoms with Crippen molar-refractivity contribution in [2.24, 2.45) is 0 Å². The van der Waals surface area contributed by atoms with Crippen LogP contribution in [0.2, 0.25) is 0 Å². The van der Waals surface area contributed by atoms with Gasteiger partial charge in [0.2, 0.25) is 0 Å². The number of hydrogen-bond donors (Lipinski definition) is 2. The first-order valence-electron chi connectivity index (χ1n) is 6.71. The molecule has 0 unspecified atom stereocenters. The molecule has 0 radical (unpaired) electrons. The van der Waals surface area contributed by atoms with Crippen LogP contribution in [0, 0.1) is 13.8 Å². The molecule has 2 rings (SSSR count). The number of para-hydroxylation sites is 1. The number of benzene rings is 1. The average Bonchev–Trinajstić information content (AvgIpc) is 2.73. The van der Waals surface area contributed by atoms with Gasteiger partial charge < -0.3 is 9.52 Å². The molecule has 6 heteroatoms. The number of anilines is 1. The lowest BCUT2D eigenvalue weighted by Crippen LogP contribution is -2.16. The van der Waals surface area contributed by atoms with Gasteiger partial charge in [-0.3, -0.25) is 4.72 Å². The van der Waals surface area contributed by atoms with Crippen molar-refractivity contribution in [3.63, 3.8) is 0 Å². The molecule has 2 aromatic rings. The van der Waals surface area contributed by atoms with E-state index >= 15 is 0 Å². The van der Waals surface area contributed by atoms with Gasteiger partial charge in [0.05, 0.1) is 12.3 Å². The summed E-state index contributed by atoms with van der Waals surface area (Å²) in [5.41, 5.74) is 1.75. The van der Waals surface area contributed by atoms with Crippen LogP contribution in [-0.4, -0.2) is 13.5 Å². The minimum absolute atomic E-state index is 0.0217. The molecule has 1 aromatic heterocycles. The van der Waals surface area contributed by atoms with Gasteiger partial charge in [-0.1, -0.05) is 25.1 Å². The summed E-state index contributed by atoms with van der Waals surface area (Å²) in [7, 11) is -3.80. The van der Waals surface area contributed by atoms with Crippen molar-refractivity contribution in [3.8, 4) is 0 Å². The van der Waals surface area contributed by atoms with E-state index in [9.17, 15) is 13.5 Å². The van der Waals surface area contributed by atoms with Gasteiger partial charge in [-0.05, 0) is 31.9 Å². The van der Waals surface area contributed by atoms with Crippen LogP contribution in [0.3, 0.4) is 0 Å². The number of rotatable bonds is 5. The third-order valence-electron chi connectivity index (χ3n) is 3.39. The van der Waals surface area contributed by atoms with E-state index in [0.29, 0.717) is 17.0 Å². The highest BCUT2D eigenvalue weighted by Gasteiger charge is 2.27. The zero-order valence-electron chi connectivity index (χ0n) is 12.3. The van der Waals surface area contributed by atoms with E-state index in [0.717, 1.165) is 12.0 Å². The zero-order chi connectivity index (χ0) is 15.6. The molecule has 0 fully saturated rings. The second-order valence-corrected chi connectivity index (χ2v) is 6.42. The summed E-state index contributed by atoms with van der Waals surface area (Å²) in [4.78, 5) is 0.0217. The third kappa shape index (κ3) is 2.96. The quantitative estimate of drug-likeness (QED) is 0.890. The Kier molecular flexibility index (Phi) is 4.39. The molecule has 5 nitrogen and oxygen atoms in total. The Hall–Kier alpha value is -1.79. The first-order valence-corrected chi connectivity index (χ1v) is 8.19. The first-order chi connectivity index (χ1) is 9.90. The normalized spacial score (nSPS) is 11.6. The van der Waals surface area contributed by atoms with Crippen molar-refractivity contribution in [1.29, 1.82) is 0 Å². The van der Waals surface area contributed by atoms with Gasteiger partial charge >= 0.3 is 0 Å². The smallest absolute Gasteiger partial charge is 0.265 e. The second-order valence-electron chi connectivity index (χ2n) is 4.80. The molecule has 21 heavy (non-hydrogen) atoms. The lowest BCUT2D eigenvalue weighted by atomic mass is 10.1. The van der Waals surface area contributed by atoms with Crippen LogP contribution < -0.4 is 4.72 Å². The predicted octanol–water partition coefficient (Wildman–Crippen LogP) is 2.75. The predicted molar refractivity (Wildman–Crippen MR) is 80.7 cm³/mol. The first kappa shape index (κ1) is 15.6. The number of aliphatic hydroxyl groups is 1. The summed E-state index contributed by atoms with van der Waals surface area (Å²) in [6, 6.07) is 7.23. The third-order valence-corrected chi connectivity index (χ3v) is 4.95. The topological polar surface area (TPSA) is 79.5 Å². The van der Waals surface area contributed by atoms with Gasteiger partial charge in [-0.2, -0.15) is 0 Å². The fraction of sp³-hybridized carbons (Fsp3) is 0.333. The summed E-state index contributed by atoms with van der Waals surface area (Å²) in [5, 5.41) is 9.39. The largest absolute Gasteiger partial charge is 0.465 e. The Morgan fingerprint density at radius 2 is 1.86 bits per heavy atom. The summed E-state index contributed by atoms with van der Waals surface area (Å²) in [6.07, 6.45) is 0.717. The molecule has 0 bridgehead atoms. The maximum Gasteiger partial charge on any atom is 0.265 e. The highest BCUT2D eigenvalue weighted by molar-refractivity contribution is 7.92. The Morgan fingerprint density at radius 1 is 1.19 bits per heavy atom. The van der Waals surface area contributed by atoms with E-state index in [1.807, 2.05) is 19.1 Å². The van der Waals surface area contributed by atoms with Gasteiger partial charge in [0.25, 0.3) is 10.0 Å². The van der Waals surface area contributed by atoms with Crippen molar-refractivity contribution in [3.05, 3.63) is 46.9 Å². The number of aliphatic hydroxyl groups excluding tert-OH is 1. The number of nitrogens with one attached hydrogen (secondary N) is 1. The van der Waals surface area contributed by atoms with E-state index < -0.39 is 10.0 Å². The molecular weight excluding hydrogens is 290 g/mol. The molecule has 2 N–H and O–H groups in total. The molecule has 0 spiro atoms. The Bertz CT molecular complexity index is 747. The van der Waals surface area contributed by atoms with Gasteiger partial charge in [-0.25, -0.2) is 8.42 Å². The molecule has 0 aliphatic heterocycles. The van der Waals surface area contributed by atoms with E-state index in [1.54, 1.807) is 26.0 Å². The summed E-state index contributed by atoms with van der Waals surface area (Å²) in [5.74, 6) is 0.692. The van der Waals surface area contributed by atoms with Crippen LogP contribution in [0.15, 0.2) is 33.6 Å². The van der Waals surface area contributed by atoms with Crippen LogP contribution in [-0.2, 0) is 23.1 Å². The van der Waals surface area contributed by atoms with E-state index in [2.05, 4.69) is 4.72 Å². The van der Waals surface area contributed by atoms with Gasteiger partial charge in [0.15, 0.2) is 0 Å². The lowest BCUT2D eigenvalue weighted by Gasteiger charge is -2.12. The van der Waals surface area contributed by atoms with Crippen LogP contribution >= 0.6 is 0 Å². The van der Waals surface area contributed by atoms with Crippen molar-refractivity contribution < 1.29 is 17.9 Å². The molecule has 0 aliphatic rings. The monoisotopic (exact) mass is 309 g/mol. The molecule has 0 saturated carbocycles. The molecule has 114 valence electrons. The molecule has 1 heterocycles. The molecule has 0 amide bonds. The van der Waals surface area contributed by atoms with Crippen LogP contribution in [0.25, 0.3) is 0 Å². The maximum atomic E-state index is 12.6. The zero-order valence-corrected chi connectivity index (χ0v) is 13.1. The number of hydrogen-bond acceptors (Lipinski definition) is 4. The number of sulfonamides is 1. The summed E-state index contributed by atoms with van der Waals surface area (Å²) < 4.78 is 33.1. The highest BCUT2D eigenvalue weighted by atomic mass is 32.2. The minimum Gasteiger partial charge on any atom is -0.465 e. The van der Waals surface area contributed by atoms with Gasteiger partial charge in [0.1, 0.15) is 16.4 Å². The standard InChI is InChI=1S/C15H19NO4S/c1-4-12-7-5-6-8-14(12)16-21(18,19)15-11(3)20-10(2)13(15)9-17/h5-8,16-17H,4,9H2,1-3H3. The van der Waals surface area contributed by atoms with E-state index in [4.69, 9.17) is 4.42 Å². The van der Waals surface area contributed by atoms with Crippen LogP contribution in [0.1, 0.15) is 29.6 Å². The van der Waals surface area contributed by atoms with Crippen molar-refractivity contribution in [1.82, 2.24) is 0 Å². The maximum absolute atomic E-state index is 12.6. The number of aryl methyl sites for hydroxylation is 3.